The highest BCUT2D eigenvalue weighted by atomic mass is 35.5. The number of sulfonamides is 1. The molecule has 0 spiro atoms. The number of rotatable bonds is 7. The highest BCUT2D eigenvalue weighted by Crippen LogP contribution is 2.29. The van der Waals surface area contributed by atoms with Crippen molar-refractivity contribution >= 4 is 51.0 Å². The van der Waals surface area contributed by atoms with E-state index in [9.17, 15) is 13.2 Å². The monoisotopic (exact) mass is 371 g/mol. The van der Waals surface area contributed by atoms with Gasteiger partial charge < -0.3 is 5.11 Å². The minimum Gasteiger partial charge on any atom is -0.478 e. The summed E-state index contributed by atoms with van der Waals surface area (Å²) in [5, 5.41) is 8.95. The van der Waals surface area contributed by atoms with Gasteiger partial charge in [0.2, 0.25) is 10.0 Å². The standard InChI is InChI=1S/C12H15Cl2NO4S2/c1-7(20-2)3-4-15-21(18,19)10-6-8(13)5-9(11(10)14)12(16)17/h5-7,15H,3-4H2,1-2H3,(H,16,17). The summed E-state index contributed by atoms with van der Waals surface area (Å²) in [4.78, 5) is 10.7. The number of carboxylic acids is 1. The van der Waals surface area contributed by atoms with Crippen LogP contribution >= 0.6 is 35.0 Å². The summed E-state index contributed by atoms with van der Waals surface area (Å²) in [6.07, 6.45) is 2.58. The predicted octanol–water partition coefficient (Wildman–Crippen LogP) is 3.11. The smallest absolute Gasteiger partial charge is 0.337 e. The van der Waals surface area contributed by atoms with Gasteiger partial charge in [-0.15, -0.1) is 0 Å². The maximum Gasteiger partial charge on any atom is 0.337 e. The summed E-state index contributed by atoms with van der Waals surface area (Å²) in [7, 11) is -3.91. The molecule has 1 aromatic rings. The van der Waals surface area contributed by atoms with Crippen LogP contribution in [0.5, 0.6) is 0 Å². The molecule has 0 saturated heterocycles. The molecule has 1 aromatic carbocycles. The molecule has 118 valence electrons. The van der Waals surface area contributed by atoms with E-state index in [2.05, 4.69) is 4.72 Å². The Morgan fingerprint density at radius 2 is 2.05 bits per heavy atom. The van der Waals surface area contributed by atoms with Crippen LogP contribution in [0.25, 0.3) is 0 Å². The molecule has 0 aromatic heterocycles. The molecule has 1 unspecified atom stereocenters. The van der Waals surface area contributed by atoms with Gasteiger partial charge in [-0.3, -0.25) is 0 Å². The molecule has 0 aliphatic carbocycles. The second-order valence-electron chi connectivity index (χ2n) is 4.30. The molecule has 0 aliphatic rings. The summed E-state index contributed by atoms with van der Waals surface area (Å²) < 4.78 is 26.8. The molecule has 0 saturated carbocycles. The summed E-state index contributed by atoms with van der Waals surface area (Å²) in [5.41, 5.74) is -0.345. The zero-order valence-electron chi connectivity index (χ0n) is 11.4. The quantitative estimate of drug-likeness (QED) is 0.769. The number of benzene rings is 1. The van der Waals surface area contributed by atoms with E-state index >= 15 is 0 Å². The van der Waals surface area contributed by atoms with Crippen LogP contribution in [0.15, 0.2) is 17.0 Å². The van der Waals surface area contributed by atoms with Crippen LogP contribution in [0.1, 0.15) is 23.7 Å². The van der Waals surface area contributed by atoms with E-state index in [4.69, 9.17) is 28.3 Å². The first-order valence-electron chi connectivity index (χ1n) is 5.94. The van der Waals surface area contributed by atoms with Crippen molar-refractivity contribution < 1.29 is 18.3 Å². The Labute approximate surface area is 138 Å². The van der Waals surface area contributed by atoms with Crippen molar-refractivity contribution in [3.8, 4) is 0 Å². The van der Waals surface area contributed by atoms with E-state index in [1.165, 1.54) is 0 Å². The minimum atomic E-state index is -3.91. The lowest BCUT2D eigenvalue weighted by Gasteiger charge is -2.12. The fourth-order valence-corrected chi connectivity index (χ4v) is 3.81. The molecule has 0 radical (unpaired) electrons. The van der Waals surface area contributed by atoms with Gasteiger partial charge in [0.05, 0.1) is 10.6 Å². The molecule has 0 heterocycles. The molecule has 1 rings (SSSR count). The van der Waals surface area contributed by atoms with E-state index in [0.717, 1.165) is 12.1 Å². The van der Waals surface area contributed by atoms with Crippen molar-refractivity contribution in [1.82, 2.24) is 4.72 Å². The number of thioether (sulfide) groups is 1. The fourth-order valence-electron chi connectivity index (χ4n) is 1.51. The van der Waals surface area contributed by atoms with E-state index in [1.807, 2.05) is 13.2 Å². The van der Waals surface area contributed by atoms with E-state index in [0.29, 0.717) is 11.7 Å². The van der Waals surface area contributed by atoms with Crippen LogP contribution in [-0.4, -0.2) is 37.5 Å². The average molecular weight is 372 g/mol. The zero-order chi connectivity index (χ0) is 16.2. The van der Waals surface area contributed by atoms with Gasteiger partial charge in [-0.2, -0.15) is 11.8 Å². The number of nitrogens with one attached hydrogen (secondary N) is 1. The van der Waals surface area contributed by atoms with Gasteiger partial charge >= 0.3 is 5.97 Å². The molecule has 21 heavy (non-hydrogen) atoms. The Morgan fingerprint density at radius 3 is 2.57 bits per heavy atom. The van der Waals surface area contributed by atoms with Crippen molar-refractivity contribution in [2.75, 3.05) is 12.8 Å². The highest BCUT2D eigenvalue weighted by Gasteiger charge is 2.23. The molecule has 9 heteroatoms. The van der Waals surface area contributed by atoms with Crippen molar-refractivity contribution in [3.63, 3.8) is 0 Å². The van der Waals surface area contributed by atoms with Gasteiger partial charge in [0.1, 0.15) is 4.90 Å². The van der Waals surface area contributed by atoms with Crippen molar-refractivity contribution in [3.05, 3.63) is 27.7 Å². The molecule has 0 bridgehead atoms. The van der Waals surface area contributed by atoms with Crippen LogP contribution in [0, 0.1) is 0 Å². The van der Waals surface area contributed by atoms with Crippen LogP contribution in [0.2, 0.25) is 10.0 Å². The number of hydrogen-bond donors (Lipinski definition) is 2. The van der Waals surface area contributed by atoms with E-state index in [-0.39, 0.29) is 27.0 Å². The van der Waals surface area contributed by atoms with Gasteiger partial charge in [-0.05, 0) is 24.8 Å². The zero-order valence-corrected chi connectivity index (χ0v) is 14.5. The maximum absolute atomic E-state index is 12.2. The number of aromatic carboxylic acids is 1. The molecule has 0 amide bonds. The van der Waals surface area contributed by atoms with Crippen molar-refractivity contribution in [1.29, 1.82) is 0 Å². The average Bonchev–Trinajstić information content (AvgIpc) is 2.40. The normalized spacial score (nSPS) is 13.1. The Bertz CT molecular complexity index is 634. The van der Waals surface area contributed by atoms with E-state index in [1.54, 1.807) is 11.8 Å². The molecule has 5 nitrogen and oxygen atoms in total. The number of carbonyl (C=O) groups is 1. The third-order valence-corrected chi connectivity index (χ3v) is 6.03. The van der Waals surface area contributed by atoms with Gasteiger partial charge in [-0.25, -0.2) is 17.9 Å². The topological polar surface area (TPSA) is 83.5 Å². The second kappa shape index (κ2) is 7.69. The largest absolute Gasteiger partial charge is 0.478 e. The van der Waals surface area contributed by atoms with Gasteiger partial charge in [0.25, 0.3) is 0 Å². The Balaban J connectivity index is 3.06. The molecular weight excluding hydrogens is 357 g/mol. The second-order valence-corrected chi connectivity index (χ2v) is 8.13. The third-order valence-electron chi connectivity index (χ3n) is 2.77. The lowest BCUT2D eigenvalue weighted by Crippen LogP contribution is -2.27. The van der Waals surface area contributed by atoms with Crippen LogP contribution in [0.3, 0.4) is 0 Å². The lowest BCUT2D eigenvalue weighted by atomic mass is 10.2. The van der Waals surface area contributed by atoms with Gasteiger partial charge in [-0.1, -0.05) is 30.1 Å². The van der Waals surface area contributed by atoms with Crippen molar-refractivity contribution in [2.45, 2.75) is 23.5 Å². The first-order valence-corrected chi connectivity index (χ1v) is 9.46. The minimum absolute atomic E-state index is 0.00495. The molecule has 0 aliphatic heterocycles. The van der Waals surface area contributed by atoms with Crippen LogP contribution in [0.4, 0.5) is 0 Å². The summed E-state index contributed by atoms with van der Waals surface area (Å²) >= 11 is 13.3. The Kier molecular flexibility index (Phi) is 6.80. The Morgan fingerprint density at radius 1 is 1.43 bits per heavy atom. The molecule has 1 atom stereocenters. The summed E-state index contributed by atoms with van der Waals surface area (Å²) in [5.74, 6) is -1.34. The summed E-state index contributed by atoms with van der Waals surface area (Å²) in [6.45, 7) is 2.21. The SMILES string of the molecule is CSC(C)CCNS(=O)(=O)c1cc(Cl)cc(C(=O)O)c1Cl. The number of hydrogen-bond acceptors (Lipinski definition) is 4. The first-order chi connectivity index (χ1) is 9.69. The van der Waals surface area contributed by atoms with Crippen LogP contribution < -0.4 is 4.72 Å². The highest BCUT2D eigenvalue weighted by molar-refractivity contribution is 7.99. The molecule has 0 fully saturated rings. The fraction of sp³-hybridized carbons (Fsp3) is 0.417. The summed E-state index contributed by atoms with van der Waals surface area (Å²) in [6, 6.07) is 2.25. The number of halogens is 2. The number of carboxylic acid groups (broad SMARTS) is 1. The van der Waals surface area contributed by atoms with Gasteiger partial charge in [0, 0.05) is 16.8 Å². The first kappa shape index (κ1) is 18.6. The third kappa shape index (κ3) is 5.03. The predicted molar refractivity (Wildman–Crippen MR) is 86.2 cm³/mol. The van der Waals surface area contributed by atoms with Crippen molar-refractivity contribution in [2.24, 2.45) is 0 Å². The van der Waals surface area contributed by atoms with E-state index < -0.39 is 16.0 Å². The molecule has 2 N–H and O–H groups in total. The lowest BCUT2D eigenvalue weighted by molar-refractivity contribution is 0.0697. The van der Waals surface area contributed by atoms with Crippen LogP contribution in [-0.2, 0) is 10.0 Å². The molecular formula is C12H15Cl2NO4S2. The Hall–Kier alpha value is -0.470. The maximum atomic E-state index is 12.2. The van der Waals surface area contributed by atoms with Gasteiger partial charge in [0.15, 0.2) is 0 Å².